The van der Waals surface area contributed by atoms with E-state index in [0.29, 0.717) is 16.5 Å². The summed E-state index contributed by atoms with van der Waals surface area (Å²) < 4.78 is 39.7. The summed E-state index contributed by atoms with van der Waals surface area (Å²) in [4.78, 5) is 0.0457. The Morgan fingerprint density at radius 2 is 1.79 bits per heavy atom. The van der Waals surface area contributed by atoms with Gasteiger partial charge in [0, 0.05) is 29.2 Å². The summed E-state index contributed by atoms with van der Waals surface area (Å²) in [6.45, 7) is 0.329. The van der Waals surface area contributed by atoms with Crippen molar-refractivity contribution in [1.82, 2.24) is 4.31 Å². The predicted molar refractivity (Wildman–Crippen MR) is 107 cm³/mol. The fourth-order valence-electron chi connectivity index (χ4n) is 3.20. The smallest absolute Gasteiger partial charge is 0.247 e. The van der Waals surface area contributed by atoms with Crippen molar-refractivity contribution < 1.29 is 17.9 Å². The van der Waals surface area contributed by atoms with E-state index in [1.54, 1.807) is 19.2 Å². The molecule has 0 N–H and O–H groups in total. The van der Waals surface area contributed by atoms with Gasteiger partial charge >= 0.3 is 0 Å². The molecule has 3 aromatic rings. The van der Waals surface area contributed by atoms with Crippen molar-refractivity contribution in [3.05, 3.63) is 82.9 Å². The van der Waals surface area contributed by atoms with E-state index in [0.717, 1.165) is 11.1 Å². The van der Waals surface area contributed by atoms with Crippen LogP contribution in [0.1, 0.15) is 11.1 Å². The first-order chi connectivity index (χ1) is 13.5. The van der Waals surface area contributed by atoms with Gasteiger partial charge in [-0.15, -0.1) is 0 Å². The van der Waals surface area contributed by atoms with Gasteiger partial charge in [0.05, 0.1) is 7.11 Å². The summed E-state index contributed by atoms with van der Waals surface area (Å²) in [6.07, 6.45) is 0. The summed E-state index contributed by atoms with van der Waals surface area (Å²) in [7, 11) is -2.29. The molecule has 5 nitrogen and oxygen atoms in total. The lowest BCUT2D eigenvalue weighted by atomic mass is 10.1. The third kappa shape index (κ3) is 3.46. The van der Waals surface area contributed by atoms with Crippen LogP contribution in [0.25, 0.3) is 0 Å². The molecule has 1 aliphatic heterocycles. The zero-order valence-electron chi connectivity index (χ0n) is 15.1. The molecule has 0 fully saturated rings. The Morgan fingerprint density at radius 3 is 2.61 bits per heavy atom. The van der Waals surface area contributed by atoms with E-state index in [1.807, 2.05) is 48.5 Å². The zero-order valence-corrected chi connectivity index (χ0v) is 16.7. The molecule has 28 heavy (non-hydrogen) atoms. The van der Waals surface area contributed by atoms with E-state index in [1.165, 1.54) is 10.4 Å². The molecule has 0 saturated heterocycles. The third-order valence-corrected chi connectivity index (χ3v) is 6.65. The Balaban J connectivity index is 1.87. The first-order valence-corrected chi connectivity index (χ1v) is 10.5. The minimum atomic E-state index is -3.86. The van der Waals surface area contributed by atoms with Crippen molar-refractivity contribution >= 4 is 21.6 Å². The van der Waals surface area contributed by atoms with Crippen LogP contribution in [0, 0.1) is 0 Å². The monoisotopic (exact) mass is 415 g/mol. The largest absolute Gasteiger partial charge is 0.496 e. The zero-order chi connectivity index (χ0) is 19.7. The number of ether oxygens (including phenoxy) is 2. The molecule has 0 bridgehead atoms. The molecule has 144 valence electrons. The van der Waals surface area contributed by atoms with Crippen molar-refractivity contribution in [3.63, 3.8) is 0 Å². The number of hydrogen-bond donors (Lipinski definition) is 0. The predicted octanol–water partition coefficient (Wildman–Crippen LogP) is 4.85. The van der Waals surface area contributed by atoms with Gasteiger partial charge in [0.25, 0.3) is 0 Å². The number of methoxy groups -OCH3 is 1. The topological polar surface area (TPSA) is 55.8 Å². The van der Waals surface area contributed by atoms with Crippen LogP contribution in [0.4, 0.5) is 0 Å². The third-order valence-electron chi connectivity index (χ3n) is 4.60. The van der Waals surface area contributed by atoms with E-state index in [2.05, 4.69) is 0 Å². The average Bonchev–Trinajstić information content (AvgIpc) is 2.69. The van der Waals surface area contributed by atoms with E-state index in [9.17, 15) is 8.42 Å². The van der Waals surface area contributed by atoms with Gasteiger partial charge in [-0.1, -0.05) is 48.0 Å². The second-order valence-electron chi connectivity index (χ2n) is 6.39. The van der Waals surface area contributed by atoms with Gasteiger partial charge in [0.15, 0.2) is 0 Å². The van der Waals surface area contributed by atoms with Crippen molar-refractivity contribution in [3.8, 4) is 17.2 Å². The van der Waals surface area contributed by atoms with E-state index in [4.69, 9.17) is 21.1 Å². The van der Waals surface area contributed by atoms with Gasteiger partial charge in [-0.2, -0.15) is 4.31 Å². The van der Waals surface area contributed by atoms with Crippen LogP contribution in [-0.2, 0) is 23.1 Å². The minimum Gasteiger partial charge on any atom is -0.496 e. The maximum atomic E-state index is 13.5. The van der Waals surface area contributed by atoms with Crippen LogP contribution in [0.3, 0.4) is 0 Å². The molecule has 3 aromatic carbocycles. The summed E-state index contributed by atoms with van der Waals surface area (Å²) >= 11 is 6.10. The van der Waals surface area contributed by atoms with Gasteiger partial charge in [0.2, 0.25) is 10.0 Å². The minimum absolute atomic E-state index is 0.0457. The molecule has 0 amide bonds. The number of fused-ring (bicyclic) bond motifs is 2. The maximum absolute atomic E-state index is 13.5. The first-order valence-electron chi connectivity index (χ1n) is 8.66. The highest BCUT2D eigenvalue weighted by molar-refractivity contribution is 7.89. The summed E-state index contributed by atoms with van der Waals surface area (Å²) in [5, 5.41) is 0.331. The van der Waals surface area contributed by atoms with Gasteiger partial charge < -0.3 is 9.47 Å². The van der Waals surface area contributed by atoms with Crippen molar-refractivity contribution in [2.45, 2.75) is 18.0 Å². The number of benzene rings is 3. The van der Waals surface area contributed by atoms with Gasteiger partial charge in [-0.3, -0.25) is 0 Å². The second-order valence-corrected chi connectivity index (χ2v) is 8.73. The molecule has 0 unspecified atom stereocenters. The molecule has 1 heterocycles. The number of hydrogen-bond acceptors (Lipinski definition) is 4. The van der Waals surface area contributed by atoms with Crippen LogP contribution in [0.2, 0.25) is 5.02 Å². The molecule has 0 aromatic heterocycles. The number of para-hydroxylation sites is 2. The van der Waals surface area contributed by atoms with Crippen LogP contribution >= 0.6 is 11.6 Å². The Hall–Kier alpha value is -2.54. The first kappa shape index (κ1) is 18.8. The molecule has 0 atom stereocenters. The number of rotatable bonds is 3. The molecule has 1 aliphatic rings. The maximum Gasteiger partial charge on any atom is 0.247 e. The average molecular weight is 416 g/mol. The van der Waals surface area contributed by atoms with Gasteiger partial charge in [-0.25, -0.2) is 8.42 Å². The normalized spacial score (nSPS) is 15.5. The second kappa shape index (κ2) is 7.47. The van der Waals surface area contributed by atoms with Crippen molar-refractivity contribution in [2.24, 2.45) is 0 Å². The van der Waals surface area contributed by atoms with Crippen LogP contribution in [0.15, 0.2) is 71.6 Å². The molecule has 0 spiro atoms. The fraction of sp³-hybridized carbons (Fsp3) is 0.143. The highest BCUT2D eigenvalue weighted by atomic mass is 35.5. The summed E-state index contributed by atoms with van der Waals surface area (Å²) in [5.74, 6) is 1.50. The lowest BCUT2D eigenvalue weighted by Crippen LogP contribution is -2.31. The van der Waals surface area contributed by atoms with E-state index in [-0.39, 0.29) is 23.7 Å². The molecular formula is C21H18ClNO4S. The van der Waals surface area contributed by atoms with Crippen LogP contribution < -0.4 is 9.47 Å². The molecule has 4 rings (SSSR count). The molecular weight excluding hydrogens is 398 g/mol. The summed E-state index contributed by atoms with van der Waals surface area (Å²) in [5.41, 5.74) is 1.55. The number of sulfonamides is 1. The molecule has 0 aliphatic carbocycles. The van der Waals surface area contributed by atoms with E-state index >= 15 is 0 Å². The summed E-state index contributed by atoms with van der Waals surface area (Å²) in [6, 6.07) is 19.4. The fourth-order valence-corrected chi connectivity index (χ4v) is 4.97. The number of halogens is 1. The Bertz CT molecular complexity index is 1130. The van der Waals surface area contributed by atoms with Crippen LogP contribution in [-0.4, -0.2) is 19.8 Å². The molecule has 7 heteroatoms. The Kier molecular flexibility index (Phi) is 5.02. The van der Waals surface area contributed by atoms with Crippen LogP contribution in [0.5, 0.6) is 17.2 Å². The highest BCUT2D eigenvalue weighted by Gasteiger charge is 2.32. The quantitative estimate of drug-likeness (QED) is 0.613. The van der Waals surface area contributed by atoms with Gasteiger partial charge in [0.1, 0.15) is 22.1 Å². The molecule has 0 radical (unpaired) electrons. The molecule has 0 saturated carbocycles. The SMILES string of the molecule is COc1ccccc1CN1Cc2ccccc2Oc2ccc(Cl)cc2S1(=O)=O. The Morgan fingerprint density at radius 1 is 1.04 bits per heavy atom. The number of nitrogens with zero attached hydrogens (tertiary/aromatic N) is 1. The lowest BCUT2D eigenvalue weighted by molar-refractivity contribution is 0.361. The van der Waals surface area contributed by atoms with Gasteiger partial charge in [-0.05, 0) is 30.3 Å². The Labute approximate surface area is 169 Å². The lowest BCUT2D eigenvalue weighted by Gasteiger charge is -2.27. The van der Waals surface area contributed by atoms with Crippen molar-refractivity contribution in [1.29, 1.82) is 0 Å². The standard InChI is InChI=1S/C21H18ClNO4S/c1-26-18-8-4-2-6-15(18)13-23-14-16-7-3-5-9-19(16)27-20-11-10-17(22)12-21(20)28(23,24)25/h2-12H,13-14H2,1H3. The van der Waals surface area contributed by atoms with E-state index < -0.39 is 10.0 Å². The highest BCUT2D eigenvalue weighted by Crippen LogP contribution is 2.38. The van der Waals surface area contributed by atoms with Crippen molar-refractivity contribution in [2.75, 3.05) is 7.11 Å².